The summed E-state index contributed by atoms with van der Waals surface area (Å²) in [5, 5.41) is 5.82. The highest BCUT2D eigenvalue weighted by Crippen LogP contribution is 2.41. The van der Waals surface area contributed by atoms with Crippen LogP contribution in [-0.2, 0) is 14.2 Å². The highest BCUT2D eigenvalue weighted by molar-refractivity contribution is 6.00. The number of piperazine rings is 1. The smallest absolute Gasteiger partial charge is 0.323 e. The van der Waals surface area contributed by atoms with E-state index in [2.05, 4.69) is 32.4 Å². The van der Waals surface area contributed by atoms with Crippen LogP contribution in [-0.4, -0.2) is 93.3 Å². The Morgan fingerprint density at radius 3 is 2.12 bits per heavy atom. The van der Waals surface area contributed by atoms with Gasteiger partial charge in [0.15, 0.2) is 23.7 Å². The molecule has 2 amide bonds. The van der Waals surface area contributed by atoms with Gasteiger partial charge >= 0.3 is 6.03 Å². The van der Waals surface area contributed by atoms with Crippen LogP contribution in [0.25, 0.3) is 11.4 Å². The number of aromatic nitrogens is 2. The summed E-state index contributed by atoms with van der Waals surface area (Å²) in [5.74, 6) is 1.77. The van der Waals surface area contributed by atoms with E-state index in [1.54, 1.807) is 0 Å². The Kier molecular flexibility index (Phi) is 8.89. The maximum Gasteiger partial charge on any atom is 0.323 e. The Morgan fingerprint density at radius 2 is 1.51 bits per heavy atom. The summed E-state index contributed by atoms with van der Waals surface area (Å²) in [6.45, 7) is 10.9. The Labute approximate surface area is 251 Å². The summed E-state index contributed by atoms with van der Waals surface area (Å²) in [4.78, 5) is 29.3. The van der Waals surface area contributed by atoms with Gasteiger partial charge in [-0.15, -0.1) is 0 Å². The first-order chi connectivity index (χ1) is 21.0. The summed E-state index contributed by atoms with van der Waals surface area (Å²) in [7, 11) is 2.14. The number of rotatable bonds is 8. The molecule has 0 radical (unpaired) electrons. The lowest BCUT2D eigenvalue weighted by atomic mass is 10.1. The summed E-state index contributed by atoms with van der Waals surface area (Å²) in [6, 6.07) is 15.1. The van der Waals surface area contributed by atoms with Crippen LogP contribution in [0.5, 0.6) is 5.75 Å². The lowest BCUT2D eigenvalue weighted by Gasteiger charge is -2.35. The molecule has 228 valence electrons. The molecule has 3 saturated heterocycles. The number of nitrogens with zero attached hydrogens (tertiary/aromatic N) is 5. The predicted molar refractivity (Wildman–Crippen MR) is 165 cm³/mol. The van der Waals surface area contributed by atoms with Crippen molar-refractivity contribution in [1.29, 1.82) is 0 Å². The average Bonchev–Trinajstić information content (AvgIpc) is 3.01. The van der Waals surface area contributed by atoms with Gasteiger partial charge in [0.05, 0.1) is 19.8 Å². The highest BCUT2D eigenvalue weighted by atomic mass is 16.9. The summed E-state index contributed by atoms with van der Waals surface area (Å²) in [6.07, 6.45) is -0.936. The van der Waals surface area contributed by atoms with Crippen molar-refractivity contribution in [3.05, 3.63) is 54.2 Å². The van der Waals surface area contributed by atoms with Gasteiger partial charge in [0.2, 0.25) is 6.29 Å². The van der Waals surface area contributed by atoms with E-state index in [1.807, 2.05) is 62.4 Å². The van der Waals surface area contributed by atoms with Crippen LogP contribution in [0.1, 0.15) is 25.8 Å². The SMILES string of the molecule is CCOc1c(C2OC(C)O2)nc(-c2ccc(NC(=O)Nc3ccc(N4CCN(C)CC4)cc3)cc2)nc1N1CCOCC1. The minimum absolute atomic E-state index is 0.309. The fraction of sp³-hybridized carbons (Fsp3) is 0.452. The second-order valence-corrected chi connectivity index (χ2v) is 10.8. The third kappa shape index (κ3) is 6.83. The van der Waals surface area contributed by atoms with E-state index in [0.29, 0.717) is 61.7 Å². The normalized spacial score (nSPS) is 20.8. The maximum absolute atomic E-state index is 12.7. The molecule has 3 fully saturated rings. The number of amides is 2. The van der Waals surface area contributed by atoms with Crippen molar-refractivity contribution < 1.29 is 23.7 Å². The fourth-order valence-electron chi connectivity index (χ4n) is 5.32. The van der Waals surface area contributed by atoms with Gasteiger partial charge in [-0.25, -0.2) is 14.8 Å². The van der Waals surface area contributed by atoms with Gasteiger partial charge in [0.1, 0.15) is 5.69 Å². The number of morpholine rings is 1. The van der Waals surface area contributed by atoms with E-state index in [1.165, 1.54) is 0 Å². The second-order valence-electron chi connectivity index (χ2n) is 10.8. The van der Waals surface area contributed by atoms with E-state index in [0.717, 1.165) is 43.1 Å². The van der Waals surface area contributed by atoms with Gasteiger partial charge in [0, 0.05) is 61.9 Å². The summed E-state index contributed by atoms with van der Waals surface area (Å²) in [5.41, 5.74) is 3.89. The number of anilines is 4. The molecule has 43 heavy (non-hydrogen) atoms. The molecule has 6 rings (SSSR count). The zero-order valence-corrected chi connectivity index (χ0v) is 24.9. The molecule has 12 nitrogen and oxygen atoms in total. The topological polar surface area (TPSA) is 114 Å². The van der Waals surface area contributed by atoms with Gasteiger partial charge in [-0.05, 0) is 69.4 Å². The molecule has 2 N–H and O–H groups in total. The molecular weight excluding hydrogens is 550 g/mol. The van der Waals surface area contributed by atoms with Gasteiger partial charge < -0.3 is 44.3 Å². The highest BCUT2D eigenvalue weighted by Gasteiger charge is 2.36. The average molecular weight is 590 g/mol. The van der Waals surface area contributed by atoms with Crippen LogP contribution < -0.4 is 25.2 Å². The molecule has 0 aliphatic carbocycles. The summed E-state index contributed by atoms with van der Waals surface area (Å²) >= 11 is 0. The van der Waals surface area contributed by atoms with Crippen molar-refractivity contribution in [2.24, 2.45) is 0 Å². The molecule has 2 aromatic carbocycles. The van der Waals surface area contributed by atoms with Crippen LogP contribution in [0.4, 0.5) is 27.7 Å². The van der Waals surface area contributed by atoms with Crippen LogP contribution in [0.2, 0.25) is 0 Å². The molecule has 12 heteroatoms. The third-order valence-electron chi connectivity index (χ3n) is 7.72. The van der Waals surface area contributed by atoms with Gasteiger partial charge in [-0.1, -0.05) is 0 Å². The first-order valence-corrected chi connectivity index (χ1v) is 14.9. The van der Waals surface area contributed by atoms with Crippen molar-refractivity contribution in [1.82, 2.24) is 14.9 Å². The number of hydrogen-bond acceptors (Lipinski definition) is 10. The quantitative estimate of drug-likeness (QED) is 0.397. The molecule has 0 unspecified atom stereocenters. The first kappa shape index (κ1) is 29.1. The molecule has 3 aliphatic heterocycles. The maximum atomic E-state index is 12.7. The Bertz CT molecular complexity index is 1380. The van der Waals surface area contributed by atoms with Crippen LogP contribution in [0.3, 0.4) is 0 Å². The van der Waals surface area contributed by atoms with Gasteiger partial charge in [-0.2, -0.15) is 0 Å². The monoisotopic (exact) mass is 589 g/mol. The van der Waals surface area contributed by atoms with Crippen molar-refractivity contribution in [2.75, 3.05) is 86.6 Å². The fourth-order valence-corrected chi connectivity index (χ4v) is 5.32. The minimum Gasteiger partial charge on any atom is -0.488 e. The first-order valence-electron chi connectivity index (χ1n) is 14.9. The lowest BCUT2D eigenvalue weighted by molar-refractivity contribution is -0.384. The number of carbonyl (C=O) groups excluding carboxylic acids is 1. The molecule has 0 spiro atoms. The number of carbonyl (C=O) groups is 1. The van der Waals surface area contributed by atoms with Crippen LogP contribution >= 0.6 is 0 Å². The van der Waals surface area contributed by atoms with E-state index in [-0.39, 0.29) is 12.3 Å². The predicted octanol–water partition coefficient (Wildman–Crippen LogP) is 4.17. The van der Waals surface area contributed by atoms with E-state index < -0.39 is 6.29 Å². The van der Waals surface area contributed by atoms with Crippen molar-refractivity contribution in [3.63, 3.8) is 0 Å². The Morgan fingerprint density at radius 1 is 0.884 bits per heavy atom. The summed E-state index contributed by atoms with van der Waals surface area (Å²) < 4.78 is 23.2. The van der Waals surface area contributed by atoms with Crippen molar-refractivity contribution in [2.45, 2.75) is 26.4 Å². The molecule has 3 aliphatic rings. The number of ether oxygens (including phenoxy) is 4. The number of urea groups is 1. The minimum atomic E-state index is -0.627. The molecule has 4 heterocycles. The zero-order valence-electron chi connectivity index (χ0n) is 24.9. The molecule has 1 aromatic heterocycles. The molecule has 3 aromatic rings. The molecule has 0 atom stereocenters. The Balaban J connectivity index is 1.15. The van der Waals surface area contributed by atoms with E-state index in [9.17, 15) is 4.79 Å². The third-order valence-corrected chi connectivity index (χ3v) is 7.72. The standard InChI is InChI=1S/C31H39N7O5/c1-4-41-27-26(30-42-21(2)43-30)34-28(35-29(27)38-17-19-40-20-18-38)22-5-7-23(8-6-22)32-31(39)33-24-9-11-25(12-10-24)37-15-13-36(3)14-16-37/h5-12,21,30H,4,13-20H2,1-3H3,(H2,32,33,39). The Hall–Kier alpha value is -3.97. The molecule has 0 bridgehead atoms. The van der Waals surface area contributed by atoms with Crippen LogP contribution in [0, 0.1) is 0 Å². The number of nitrogens with one attached hydrogen (secondary N) is 2. The van der Waals surface area contributed by atoms with E-state index >= 15 is 0 Å². The van der Waals surface area contributed by atoms with Crippen molar-refractivity contribution >= 4 is 28.9 Å². The largest absolute Gasteiger partial charge is 0.488 e. The van der Waals surface area contributed by atoms with Gasteiger partial charge in [0.25, 0.3) is 0 Å². The number of benzene rings is 2. The second kappa shape index (κ2) is 13.1. The number of likely N-dealkylation sites (N-methyl/N-ethyl adjacent to an activating group) is 1. The van der Waals surface area contributed by atoms with E-state index in [4.69, 9.17) is 28.9 Å². The molecule has 0 saturated carbocycles. The lowest BCUT2D eigenvalue weighted by Crippen LogP contribution is -2.44. The van der Waals surface area contributed by atoms with Gasteiger partial charge in [-0.3, -0.25) is 0 Å². The van der Waals surface area contributed by atoms with Crippen LogP contribution in [0.15, 0.2) is 48.5 Å². The molecular formula is C31H39N7O5. The van der Waals surface area contributed by atoms with Crippen molar-refractivity contribution in [3.8, 4) is 17.1 Å². The zero-order chi connectivity index (χ0) is 29.8. The number of hydrogen-bond donors (Lipinski definition) is 2.